The molecule has 0 aromatic heterocycles. The van der Waals surface area contributed by atoms with E-state index in [0.29, 0.717) is 0 Å². The zero-order valence-electron chi connectivity index (χ0n) is 3.69. The molecule has 2 heteroatoms. The van der Waals surface area contributed by atoms with Crippen molar-refractivity contribution in [1.82, 2.24) is 0 Å². The van der Waals surface area contributed by atoms with Crippen molar-refractivity contribution in [3.05, 3.63) is 12.7 Å². The molecule has 0 heterocycles. The van der Waals surface area contributed by atoms with Crippen LogP contribution >= 0.6 is 0 Å². The molecule has 0 saturated carbocycles. The molecular weight excluding hydrogens is 112 g/mol. The maximum Gasteiger partial charge on any atom is 0.152 e. The summed E-state index contributed by atoms with van der Waals surface area (Å²) in [6.45, 7) is 4.68. The minimum Gasteiger partial charge on any atom is -0.295 e. The molecule has 0 bridgehead atoms. The average molecular weight is 118 g/mol. The molecule has 0 fully saturated rings. The molecule has 0 saturated heterocycles. The van der Waals surface area contributed by atoms with E-state index in [4.69, 9.17) is 0 Å². The summed E-state index contributed by atoms with van der Waals surface area (Å²) in [5.41, 5.74) is 0. The predicted octanol–water partition coefficient (Wildman–Crippen LogP) is 0.759. The van der Waals surface area contributed by atoms with Crippen molar-refractivity contribution in [1.29, 1.82) is 0 Å². The Morgan fingerprint density at radius 2 is 2.00 bits per heavy atom. The van der Waals surface area contributed by atoms with Crippen molar-refractivity contribution in [2.45, 2.75) is 6.92 Å². The topological polar surface area (TPSA) is 17.1 Å². The Labute approximate surface area is 52.3 Å². The Morgan fingerprint density at radius 3 is 2.00 bits per heavy atom. The van der Waals surface area contributed by atoms with Gasteiger partial charge in [-0.15, -0.1) is 0 Å². The van der Waals surface area contributed by atoms with Gasteiger partial charge in [-0.3, -0.25) is 4.79 Å². The summed E-state index contributed by atoms with van der Waals surface area (Å²) in [6.07, 6.45) is 1.28. The number of hydrogen-bond donors (Lipinski definition) is 0. The number of carbonyl (C=O) groups excluding carboxylic acids is 1. The zero-order chi connectivity index (χ0) is 4.28. The standard InChI is InChI=1S/C4H6O.Ti/c1-3-4(2)5;/h3H,1H2,2H3;. The van der Waals surface area contributed by atoms with Crippen molar-refractivity contribution in [2.24, 2.45) is 0 Å². The summed E-state index contributed by atoms with van der Waals surface area (Å²) in [4.78, 5) is 9.69. The Balaban J connectivity index is 0. The van der Waals surface area contributed by atoms with Crippen molar-refractivity contribution in [3.8, 4) is 0 Å². The predicted molar refractivity (Wildman–Crippen MR) is 20.9 cm³/mol. The van der Waals surface area contributed by atoms with E-state index >= 15 is 0 Å². The second-order valence-electron chi connectivity index (χ2n) is 0.815. The Morgan fingerprint density at radius 1 is 1.83 bits per heavy atom. The smallest absolute Gasteiger partial charge is 0.152 e. The van der Waals surface area contributed by atoms with Crippen LogP contribution in [0.25, 0.3) is 0 Å². The van der Waals surface area contributed by atoms with Crippen molar-refractivity contribution in [3.63, 3.8) is 0 Å². The van der Waals surface area contributed by atoms with Crippen molar-refractivity contribution >= 4 is 5.78 Å². The fourth-order valence-electron chi connectivity index (χ4n) is 0. The third-order valence-corrected chi connectivity index (χ3v) is 0.287. The third kappa shape index (κ3) is 8.92. The minimum absolute atomic E-state index is 0. The van der Waals surface area contributed by atoms with E-state index in [1.807, 2.05) is 0 Å². The summed E-state index contributed by atoms with van der Waals surface area (Å²) in [6, 6.07) is 0. The molecule has 0 aromatic rings. The number of hydrogen-bond acceptors (Lipinski definition) is 1. The van der Waals surface area contributed by atoms with Crippen molar-refractivity contribution < 1.29 is 26.5 Å². The molecule has 0 unspecified atom stereocenters. The molecule has 0 aliphatic carbocycles. The van der Waals surface area contributed by atoms with Gasteiger partial charge in [-0.2, -0.15) is 0 Å². The second kappa shape index (κ2) is 5.12. The number of ketones is 1. The van der Waals surface area contributed by atoms with Crippen LogP contribution in [0.4, 0.5) is 0 Å². The molecule has 0 amide bonds. The van der Waals surface area contributed by atoms with Gasteiger partial charge in [0.25, 0.3) is 0 Å². The molecule has 1 nitrogen and oxygen atoms in total. The largest absolute Gasteiger partial charge is 0.295 e. The molecule has 32 valence electrons. The van der Waals surface area contributed by atoms with Crippen LogP contribution in [0, 0.1) is 0 Å². The Hall–Kier alpha value is 0.124. The molecule has 0 spiro atoms. The molecule has 0 aliphatic heterocycles. The van der Waals surface area contributed by atoms with E-state index in [0.717, 1.165) is 0 Å². The van der Waals surface area contributed by atoms with Gasteiger partial charge in [0.15, 0.2) is 5.78 Å². The molecule has 0 aromatic carbocycles. The van der Waals surface area contributed by atoms with Gasteiger partial charge in [0.2, 0.25) is 0 Å². The van der Waals surface area contributed by atoms with Crippen LogP contribution in [0.1, 0.15) is 6.92 Å². The van der Waals surface area contributed by atoms with Gasteiger partial charge in [-0.25, -0.2) is 0 Å². The van der Waals surface area contributed by atoms with Gasteiger partial charge in [-0.05, 0) is 13.0 Å². The maximum absolute atomic E-state index is 9.69. The van der Waals surface area contributed by atoms with Crippen LogP contribution in [0.3, 0.4) is 0 Å². The molecule has 6 heavy (non-hydrogen) atoms. The monoisotopic (exact) mass is 118 g/mol. The van der Waals surface area contributed by atoms with Crippen LogP contribution in [0.15, 0.2) is 12.7 Å². The molecule has 0 rings (SSSR count). The van der Waals surface area contributed by atoms with Gasteiger partial charge in [0, 0.05) is 21.7 Å². The average Bonchev–Trinajstić information content (AvgIpc) is 1.38. The first-order valence-corrected chi connectivity index (χ1v) is 1.40. The summed E-state index contributed by atoms with van der Waals surface area (Å²) in [7, 11) is 0. The van der Waals surface area contributed by atoms with Gasteiger partial charge >= 0.3 is 0 Å². The number of carbonyl (C=O) groups is 1. The first kappa shape index (κ1) is 9.45. The zero-order valence-corrected chi connectivity index (χ0v) is 5.25. The summed E-state index contributed by atoms with van der Waals surface area (Å²) < 4.78 is 0. The van der Waals surface area contributed by atoms with Gasteiger partial charge < -0.3 is 0 Å². The molecule has 0 atom stereocenters. The van der Waals surface area contributed by atoms with Crippen LogP contribution in [-0.2, 0) is 26.5 Å². The summed E-state index contributed by atoms with van der Waals surface area (Å²) in [5.74, 6) is 0.0185. The molecular formula is C4H6OTi. The SMILES string of the molecule is C=CC(C)=O.[Ti]. The van der Waals surface area contributed by atoms with Crippen LogP contribution < -0.4 is 0 Å². The Kier molecular flexibility index (Phi) is 8.07. The molecule has 0 radical (unpaired) electrons. The summed E-state index contributed by atoms with van der Waals surface area (Å²) >= 11 is 0. The van der Waals surface area contributed by atoms with Crippen LogP contribution in [0.2, 0.25) is 0 Å². The normalized spacial score (nSPS) is 5.50. The number of allylic oxidation sites excluding steroid dienone is 1. The van der Waals surface area contributed by atoms with E-state index < -0.39 is 0 Å². The molecule has 0 aliphatic rings. The minimum atomic E-state index is 0. The van der Waals surface area contributed by atoms with Gasteiger partial charge in [0.1, 0.15) is 0 Å². The van der Waals surface area contributed by atoms with E-state index in [1.54, 1.807) is 0 Å². The number of rotatable bonds is 1. The van der Waals surface area contributed by atoms with Crippen LogP contribution in [0.5, 0.6) is 0 Å². The van der Waals surface area contributed by atoms with Crippen molar-refractivity contribution in [2.75, 3.05) is 0 Å². The van der Waals surface area contributed by atoms with Gasteiger partial charge in [0.05, 0.1) is 0 Å². The quantitative estimate of drug-likeness (QED) is 0.367. The molecule has 0 N–H and O–H groups in total. The van der Waals surface area contributed by atoms with Crippen LogP contribution in [-0.4, -0.2) is 5.78 Å². The Bertz CT molecular complexity index is 58.6. The first-order valence-electron chi connectivity index (χ1n) is 1.40. The fraction of sp³-hybridized carbons (Fsp3) is 0.250. The van der Waals surface area contributed by atoms with E-state index in [9.17, 15) is 4.79 Å². The maximum atomic E-state index is 9.69. The van der Waals surface area contributed by atoms with E-state index in [1.165, 1.54) is 13.0 Å². The fourth-order valence-corrected chi connectivity index (χ4v) is 0. The van der Waals surface area contributed by atoms with E-state index in [2.05, 4.69) is 6.58 Å². The first-order chi connectivity index (χ1) is 2.27. The van der Waals surface area contributed by atoms with Gasteiger partial charge in [-0.1, -0.05) is 6.58 Å². The second-order valence-corrected chi connectivity index (χ2v) is 0.815. The summed E-state index contributed by atoms with van der Waals surface area (Å²) in [5, 5.41) is 0. The third-order valence-electron chi connectivity index (χ3n) is 0.287. The van der Waals surface area contributed by atoms with E-state index in [-0.39, 0.29) is 27.5 Å².